The molecule has 1 aromatic rings. The number of carbonyl (C=O) groups is 1. The van der Waals surface area contributed by atoms with Crippen LogP contribution in [0.2, 0.25) is 0 Å². The number of hydrogen-bond acceptors (Lipinski definition) is 3. The molecule has 1 aliphatic carbocycles. The van der Waals surface area contributed by atoms with Crippen LogP contribution in [0, 0.1) is 5.92 Å². The molecule has 2 fully saturated rings. The van der Waals surface area contributed by atoms with Gasteiger partial charge in [-0.1, -0.05) is 30.3 Å². The summed E-state index contributed by atoms with van der Waals surface area (Å²) in [6, 6.07) is 10.3. The standard InChI is InChI=1S/C17H24N2O2/c20-17(21-13-14-5-2-1-3-6-14)19(16-8-9-16)12-15-7-4-10-18-11-15/h1-3,5-6,15-16,18H,4,7-13H2/t15-/m1/s1. The molecule has 114 valence electrons. The molecule has 3 rings (SSSR count). The molecule has 0 radical (unpaired) electrons. The second kappa shape index (κ2) is 6.94. The minimum absolute atomic E-state index is 0.146. The Hall–Kier alpha value is -1.55. The lowest BCUT2D eigenvalue weighted by Gasteiger charge is -2.29. The van der Waals surface area contributed by atoms with E-state index in [0.717, 1.165) is 38.0 Å². The second-order valence-electron chi connectivity index (χ2n) is 6.14. The molecule has 4 nitrogen and oxygen atoms in total. The smallest absolute Gasteiger partial charge is 0.410 e. The summed E-state index contributed by atoms with van der Waals surface area (Å²) in [5.74, 6) is 0.573. The van der Waals surface area contributed by atoms with Crippen molar-refractivity contribution in [2.75, 3.05) is 19.6 Å². The Morgan fingerprint density at radius 3 is 2.71 bits per heavy atom. The largest absolute Gasteiger partial charge is 0.445 e. The molecule has 1 aromatic carbocycles. The first-order valence-corrected chi connectivity index (χ1v) is 8.01. The summed E-state index contributed by atoms with van der Waals surface area (Å²) in [5, 5.41) is 3.42. The van der Waals surface area contributed by atoms with Gasteiger partial charge in [0.25, 0.3) is 0 Å². The Bertz CT molecular complexity index is 453. The zero-order valence-corrected chi connectivity index (χ0v) is 12.5. The number of nitrogens with zero attached hydrogens (tertiary/aromatic N) is 1. The first-order valence-electron chi connectivity index (χ1n) is 8.01. The summed E-state index contributed by atoms with van der Waals surface area (Å²) in [7, 11) is 0. The lowest BCUT2D eigenvalue weighted by molar-refractivity contribution is 0.0852. The summed E-state index contributed by atoms with van der Waals surface area (Å²) in [4.78, 5) is 14.3. The number of carbonyl (C=O) groups excluding carboxylic acids is 1. The van der Waals surface area contributed by atoms with E-state index < -0.39 is 0 Å². The number of ether oxygens (including phenoxy) is 1. The summed E-state index contributed by atoms with van der Waals surface area (Å²) in [5.41, 5.74) is 1.04. The SMILES string of the molecule is O=C(OCc1ccccc1)N(C[C@@H]1CCCNC1)C1CC1. The topological polar surface area (TPSA) is 41.6 Å². The molecule has 1 heterocycles. The lowest BCUT2D eigenvalue weighted by atomic mass is 9.99. The van der Waals surface area contributed by atoms with Crippen molar-refractivity contribution in [3.8, 4) is 0 Å². The molecule has 1 amide bonds. The van der Waals surface area contributed by atoms with E-state index in [0.29, 0.717) is 18.6 Å². The van der Waals surface area contributed by atoms with E-state index in [4.69, 9.17) is 4.74 Å². The maximum Gasteiger partial charge on any atom is 0.410 e. The summed E-state index contributed by atoms with van der Waals surface area (Å²) in [6.07, 6.45) is 4.53. The third-order valence-electron chi connectivity index (χ3n) is 4.28. The van der Waals surface area contributed by atoms with Crippen molar-refractivity contribution >= 4 is 6.09 Å². The van der Waals surface area contributed by atoms with Gasteiger partial charge in [-0.05, 0) is 50.3 Å². The van der Waals surface area contributed by atoms with E-state index in [-0.39, 0.29) is 6.09 Å². The van der Waals surface area contributed by atoms with E-state index in [1.807, 2.05) is 35.2 Å². The van der Waals surface area contributed by atoms with Gasteiger partial charge in [-0.2, -0.15) is 0 Å². The number of hydrogen-bond donors (Lipinski definition) is 1. The fourth-order valence-corrected chi connectivity index (χ4v) is 2.92. The monoisotopic (exact) mass is 288 g/mol. The predicted octanol–water partition coefficient (Wildman–Crippen LogP) is 2.79. The molecule has 1 saturated heterocycles. The van der Waals surface area contributed by atoms with Crippen LogP contribution in [0.3, 0.4) is 0 Å². The molecule has 1 atom stereocenters. The zero-order valence-electron chi connectivity index (χ0n) is 12.5. The van der Waals surface area contributed by atoms with Gasteiger partial charge in [0.2, 0.25) is 0 Å². The Morgan fingerprint density at radius 1 is 1.24 bits per heavy atom. The average molecular weight is 288 g/mol. The van der Waals surface area contributed by atoms with Crippen LogP contribution in [0.4, 0.5) is 4.79 Å². The zero-order chi connectivity index (χ0) is 14.5. The molecule has 2 aliphatic rings. The van der Waals surface area contributed by atoms with Crippen LogP contribution < -0.4 is 5.32 Å². The van der Waals surface area contributed by atoms with E-state index in [2.05, 4.69) is 5.32 Å². The highest BCUT2D eigenvalue weighted by atomic mass is 16.6. The van der Waals surface area contributed by atoms with Gasteiger partial charge in [-0.3, -0.25) is 0 Å². The van der Waals surface area contributed by atoms with Gasteiger partial charge >= 0.3 is 6.09 Å². The van der Waals surface area contributed by atoms with Crippen molar-refractivity contribution in [1.29, 1.82) is 0 Å². The number of benzene rings is 1. The molecule has 0 spiro atoms. The van der Waals surface area contributed by atoms with Crippen LogP contribution in [0.15, 0.2) is 30.3 Å². The Morgan fingerprint density at radius 2 is 2.05 bits per heavy atom. The Balaban J connectivity index is 1.52. The minimum Gasteiger partial charge on any atom is -0.445 e. The van der Waals surface area contributed by atoms with Crippen LogP contribution in [-0.2, 0) is 11.3 Å². The number of piperidine rings is 1. The highest BCUT2D eigenvalue weighted by Crippen LogP contribution is 2.29. The van der Waals surface area contributed by atoms with Crippen molar-refractivity contribution < 1.29 is 9.53 Å². The van der Waals surface area contributed by atoms with Gasteiger partial charge in [-0.25, -0.2) is 4.79 Å². The molecule has 4 heteroatoms. The Labute approximate surface area is 126 Å². The third-order valence-corrected chi connectivity index (χ3v) is 4.28. The number of rotatable bonds is 5. The van der Waals surface area contributed by atoms with E-state index in [9.17, 15) is 4.79 Å². The van der Waals surface area contributed by atoms with Crippen LogP contribution in [0.25, 0.3) is 0 Å². The maximum atomic E-state index is 12.4. The van der Waals surface area contributed by atoms with Gasteiger partial charge in [0.15, 0.2) is 0 Å². The van der Waals surface area contributed by atoms with Gasteiger partial charge in [0.05, 0.1) is 0 Å². The van der Waals surface area contributed by atoms with Crippen molar-refractivity contribution in [3.05, 3.63) is 35.9 Å². The lowest BCUT2D eigenvalue weighted by Crippen LogP contribution is -2.42. The summed E-state index contributed by atoms with van der Waals surface area (Å²) >= 11 is 0. The minimum atomic E-state index is -0.146. The number of amides is 1. The Kier molecular flexibility index (Phi) is 4.76. The van der Waals surface area contributed by atoms with Crippen LogP contribution >= 0.6 is 0 Å². The molecular formula is C17H24N2O2. The molecule has 1 aliphatic heterocycles. The van der Waals surface area contributed by atoms with E-state index in [1.54, 1.807) is 0 Å². The molecule has 0 bridgehead atoms. The predicted molar refractivity (Wildman–Crippen MR) is 81.9 cm³/mol. The molecule has 0 unspecified atom stereocenters. The number of nitrogens with one attached hydrogen (secondary N) is 1. The van der Waals surface area contributed by atoms with Gasteiger partial charge in [-0.15, -0.1) is 0 Å². The van der Waals surface area contributed by atoms with Gasteiger partial charge < -0.3 is 15.0 Å². The second-order valence-corrected chi connectivity index (χ2v) is 6.14. The molecule has 1 saturated carbocycles. The normalized spacial score (nSPS) is 21.8. The van der Waals surface area contributed by atoms with Crippen LogP contribution in [-0.4, -0.2) is 36.7 Å². The highest BCUT2D eigenvalue weighted by Gasteiger charge is 2.35. The van der Waals surface area contributed by atoms with Gasteiger partial charge in [0.1, 0.15) is 6.61 Å². The highest BCUT2D eigenvalue weighted by molar-refractivity contribution is 5.68. The van der Waals surface area contributed by atoms with Crippen molar-refractivity contribution in [3.63, 3.8) is 0 Å². The molecule has 0 aromatic heterocycles. The molecular weight excluding hydrogens is 264 g/mol. The van der Waals surface area contributed by atoms with Crippen LogP contribution in [0.1, 0.15) is 31.2 Å². The van der Waals surface area contributed by atoms with Crippen molar-refractivity contribution in [2.45, 2.75) is 38.3 Å². The molecule has 1 N–H and O–H groups in total. The fourth-order valence-electron chi connectivity index (χ4n) is 2.92. The van der Waals surface area contributed by atoms with E-state index in [1.165, 1.54) is 12.8 Å². The first kappa shape index (κ1) is 14.4. The summed E-state index contributed by atoms with van der Waals surface area (Å²) < 4.78 is 5.50. The van der Waals surface area contributed by atoms with Crippen molar-refractivity contribution in [2.24, 2.45) is 5.92 Å². The van der Waals surface area contributed by atoms with Crippen molar-refractivity contribution in [1.82, 2.24) is 10.2 Å². The van der Waals surface area contributed by atoms with E-state index >= 15 is 0 Å². The average Bonchev–Trinajstić information content (AvgIpc) is 3.37. The van der Waals surface area contributed by atoms with Crippen LogP contribution in [0.5, 0.6) is 0 Å². The molecule has 21 heavy (non-hydrogen) atoms. The summed E-state index contributed by atoms with van der Waals surface area (Å²) in [6.45, 7) is 3.34. The fraction of sp³-hybridized carbons (Fsp3) is 0.588. The first-order chi connectivity index (χ1) is 10.3. The third kappa shape index (κ3) is 4.21. The quantitative estimate of drug-likeness (QED) is 0.906. The maximum absolute atomic E-state index is 12.4. The van der Waals surface area contributed by atoms with Gasteiger partial charge in [0, 0.05) is 12.6 Å².